The van der Waals surface area contributed by atoms with Crippen LogP contribution in [-0.4, -0.2) is 13.2 Å². The Kier molecular flexibility index (Phi) is 2.86. The van der Waals surface area contributed by atoms with Gasteiger partial charge in [0, 0.05) is 11.5 Å². The topological polar surface area (TPSA) is 18.5 Å². The third-order valence-corrected chi connectivity index (χ3v) is 4.47. The van der Waals surface area contributed by atoms with Gasteiger partial charge in [-0.1, -0.05) is 54.6 Å². The quantitative estimate of drug-likeness (QED) is 0.785. The minimum absolute atomic E-state index is 0.279. The lowest BCUT2D eigenvalue weighted by atomic mass is 9.75. The maximum absolute atomic E-state index is 6.15. The van der Waals surface area contributed by atoms with Crippen LogP contribution >= 0.6 is 0 Å². The molecule has 2 aromatic carbocycles. The van der Waals surface area contributed by atoms with Gasteiger partial charge in [0.1, 0.15) is 0 Å². The largest absolute Gasteiger partial charge is 0.343 e. The summed E-state index contributed by atoms with van der Waals surface area (Å²) in [6.07, 6.45) is 2.16. The molecule has 2 aromatic rings. The minimum Gasteiger partial charge on any atom is -0.343 e. The molecule has 1 atom stereocenters. The summed E-state index contributed by atoms with van der Waals surface area (Å²) in [5.74, 6) is -0.294. The van der Waals surface area contributed by atoms with Crippen LogP contribution in [0.3, 0.4) is 0 Å². The second-order valence-electron chi connectivity index (χ2n) is 5.52. The predicted octanol–water partition coefficient (Wildman–Crippen LogP) is 3.62. The number of benzene rings is 2. The predicted molar refractivity (Wildman–Crippen MR) is 77.5 cm³/mol. The molecule has 0 radical (unpaired) electrons. The number of rotatable bonds is 1. The summed E-state index contributed by atoms with van der Waals surface area (Å²) < 4.78 is 12.3. The summed E-state index contributed by atoms with van der Waals surface area (Å²) in [5.41, 5.74) is 3.89. The van der Waals surface area contributed by atoms with Gasteiger partial charge in [0.15, 0.2) is 0 Å². The van der Waals surface area contributed by atoms with Crippen LogP contribution in [0.5, 0.6) is 0 Å². The Hall–Kier alpha value is -1.64. The van der Waals surface area contributed by atoms with Crippen LogP contribution in [0.4, 0.5) is 0 Å². The van der Waals surface area contributed by atoms with Gasteiger partial charge in [-0.05, 0) is 24.0 Å². The van der Waals surface area contributed by atoms with Gasteiger partial charge in [0.2, 0.25) is 5.79 Å². The molecular formula is C18H18O2. The zero-order valence-corrected chi connectivity index (χ0v) is 11.4. The maximum Gasteiger partial charge on any atom is 0.202 e. The van der Waals surface area contributed by atoms with Crippen molar-refractivity contribution < 1.29 is 9.47 Å². The highest BCUT2D eigenvalue weighted by Crippen LogP contribution is 2.50. The van der Waals surface area contributed by atoms with Gasteiger partial charge >= 0.3 is 0 Å². The Balaban J connectivity index is 1.86. The Bertz CT molecular complexity index is 600. The molecule has 1 fully saturated rings. The van der Waals surface area contributed by atoms with E-state index in [-0.39, 0.29) is 5.92 Å². The van der Waals surface area contributed by atoms with E-state index in [0.29, 0.717) is 13.2 Å². The monoisotopic (exact) mass is 266 g/mol. The molecule has 0 amide bonds. The van der Waals surface area contributed by atoms with E-state index < -0.39 is 5.79 Å². The molecule has 1 spiro atoms. The lowest BCUT2D eigenvalue weighted by molar-refractivity contribution is -0.190. The first-order chi connectivity index (χ1) is 9.90. The zero-order chi connectivity index (χ0) is 13.4. The summed E-state index contributed by atoms with van der Waals surface area (Å²) in [7, 11) is 0. The molecule has 1 aliphatic carbocycles. The van der Waals surface area contributed by atoms with Crippen molar-refractivity contribution in [3.8, 4) is 0 Å². The fourth-order valence-electron chi connectivity index (χ4n) is 3.61. The van der Waals surface area contributed by atoms with Crippen LogP contribution in [0.2, 0.25) is 0 Å². The number of hydrogen-bond donors (Lipinski definition) is 0. The van der Waals surface area contributed by atoms with Crippen LogP contribution in [0, 0.1) is 0 Å². The van der Waals surface area contributed by atoms with Crippen LogP contribution in [0.15, 0.2) is 54.6 Å². The molecule has 1 saturated heterocycles. The van der Waals surface area contributed by atoms with E-state index in [2.05, 4.69) is 54.6 Å². The Morgan fingerprint density at radius 3 is 2.35 bits per heavy atom. The van der Waals surface area contributed by atoms with Gasteiger partial charge in [-0.3, -0.25) is 0 Å². The first-order valence-electron chi connectivity index (χ1n) is 7.31. The summed E-state index contributed by atoms with van der Waals surface area (Å²) in [4.78, 5) is 0. The van der Waals surface area contributed by atoms with Crippen molar-refractivity contribution in [3.63, 3.8) is 0 Å². The summed E-state index contributed by atoms with van der Waals surface area (Å²) >= 11 is 0. The molecule has 0 N–H and O–H groups in total. The molecule has 1 aliphatic heterocycles. The lowest BCUT2D eigenvalue weighted by Crippen LogP contribution is -2.39. The standard InChI is InChI=1S/C18H18O2/c1-2-6-14(7-3-1)17-11-10-15-8-4-5-9-16(15)18(17)19-12-13-20-18/h1-9,17H,10-13H2. The Morgan fingerprint density at radius 1 is 0.850 bits per heavy atom. The third-order valence-electron chi connectivity index (χ3n) is 4.47. The van der Waals surface area contributed by atoms with E-state index in [9.17, 15) is 0 Å². The van der Waals surface area contributed by atoms with Crippen molar-refractivity contribution in [2.24, 2.45) is 0 Å². The van der Waals surface area contributed by atoms with Crippen molar-refractivity contribution in [3.05, 3.63) is 71.3 Å². The molecular weight excluding hydrogens is 248 g/mol. The molecule has 0 aromatic heterocycles. The second-order valence-corrected chi connectivity index (χ2v) is 5.52. The first kappa shape index (κ1) is 12.1. The third kappa shape index (κ3) is 1.72. The van der Waals surface area contributed by atoms with Crippen LogP contribution in [0.1, 0.15) is 29.0 Å². The highest BCUT2D eigenvalue weighted by molar-refractivity contribution is 5.39. The average Bonchev–Trinajstić information content (AvgIpc) is 2.99. The van der Waals surface area contributed by atoms with Gasteiger partial charge in [-0.25, -0.2) is 0 Å². The van der Waals surface area contributed by atoms with Crippen molar-refractivity contribution in [2.75, 3.05) is 13.2 Å². The highest BCUT2D eigenvalue weighted by Gasteiger charge is 2.49. The zero-order valence-electron chi connectivity index (χ0n) is 11.4. The van der Waals surface area contributed by atoms with E-state index in [1.54, 1.807) is 0 Å². The van der Waals surface area contributed by atoms with Crippen LogP contribution < -0.4 is 0 Å². The van der Waals surface area contributed by atoms with E-state index in [1.807, 2.05) is 0 Å². The molecule has 102 valence electrons. The number of hydrogen-bond acceptors (Lipinski definition) is 2. The van der Waals surface area contributed by atoms with E-state index in [4.69, 9.17) is 9.47 Å². The summed E-state index contributed by atoms with van der Waals surface area (Å²) in [6.45, 7) is 1.36. The van der Waals surface area contributed by atoms with Crippen LogP contribution in [0.25, 0.3) is 0 Å². The number of aryl methyl sites for hydroxylation is 1. The second kappa shape index (κ2) is 4.72. The molecule has 2 nitrogen and oxygen atoms in total. The number of ether oxygens (including phenoxy) is 2. The summed E-state index contributed by atoms with van der Waals surface area (Å²) in [6, 6.07) is 19.2. The molecule has 2 aliphatic rings. The lowest BCUT2D eigenvalue weighted by Gasteiger charge is -2.41. The minimum atomic E-state index is -0.573. The molecule has 1 heterocycles. The van der Waals surface area contributed by atoms with Crippen molar-refractivity contribution in [2.45, 2.75) is 24.5 Å². The SMILES string of the molecule is c1ccc(C2CCc3ccccc3C23OCCO3)cc1. The van der Waals surface area contributed by atoms with Crippen LogP contribution in [-0.2, 0) is 21.7 Å². The number of fused-ring (bicyclic) bond motifs is 2. The van der Waals surface area contributed by atoms with Crippen molar-refractivity contribution >= 4 is 0 Å². The smallest absolute Gasteiger partial charge is 0.202 e. The van der Waals surface area contributed by atoms with E-state index in [0.717, 1.165) is 12.8 Å². The fraction of sp³-hybridized carbons (Fsp3) is 0.333. The normalized spacial score (nSPS) is 23.7. The van der Waals surface area contributed by atoms with Crippen molar-refractivity contribution in [1.82, 2.24) is 0 Å². The fourth-order valence-corrected chi connectivity index (χ4v) is 3.61. The molecule has 2 heteroatoms. The average molecular weight is 266 g/mol. The molecule has 0 saturated carbocycles. The van der Waals surface area contributed by atoms with E-state index in [1.165, 1.54) is 16.7 Å². The maximum atomic E-state index is 6.15. The van der Waals surface area contributed by atoms with Gasteiger partial charge in [-0.15, -0.1) is 0 Å². The Morgan fingerprint density at radius 2 is 1.55 bits per heavy atom. The van der Waals surface area contributed by atoms with Gasteiger partial charge in [0.25, 0.3) is 0 Å². The summed E-state index contributed by atoms with van der Waals surface area (Å²) in [5, 5.41) is 0. The molecule has 4 rings (SSSR count). The van der Waals surface area contributed by atoms with Crippen molar-refractivity contribution in [1.29, 1.82) is 0 Å². The van der Waals surface area contributed by atoms with E-state index >= 15 is 0 Å². The first-order valence-corrected chi connectivity index (χ1v) is 7.31. The molecule has 1 unspecified atom stereocenters. The highest BCUT2D eigenvalue weighted by atomic mass is 16.7. The van der Waals surface area contributed by atoms with Gasteiger partial charge in [-0.2, -0.15) is 0 Å². The molecule has 20 heavy (non-hydrogen) atoms. The molecule has 0 bridgehead atoms. The van der Waals surface area contributed by atoms with Gasteiger partial charge in [0.05, 0.1) is 13.2 Å². The Labute approximate surface area is 119 Å². The van der Waals surface area contributed by atoms with Gasteiger partial charge < -0.3 is 9.47 Å².